The van der Waals surface area contributed by atoms with Crippen LogP contribution in [0.25, 0.3) is 11.4 Å². The minimum Gasteiger partial charge on any atom is -0.404 e. The Kier molecular flexibility index (Phi) is 5.71. The standard InChI is InChI=1S/C14H10ClF8N5O/c1-27-7(15)4-28-10(29)8(9(13(18,19)20)26-11(27)28)6(2-24)3-25-5-12(16,17)14(21,22)23/h2-4H,5,24H2,1H3. The first-order valence-electron chi connectivity index (χ1n) is 7.33. The van der Waals surface area contributed by atoms with E-state index in [4.69, 9.17) is 17.3 Å². The van der Waals surface area contributed by atoms with Crippen molar-refractivity contribution in [3.63, 3.8) is 0 Å². The van der Waals surface area contributed by atoms with Gasteiger partial charge in [0, 0.05) is 25.0 Å². The smallest absolute Gasteiger partial charge is 0.404 e. The molecule has 0 atom stereocenters. The van der Waals surface area contributed by atoms with E-state index in [9.17, 15) is 39.9 Å². The van der Waals surface area contributed by atoms with Gasteiger partial charge in [-0.25, -0.2) is 9.38 Å². The molecule has 0 saturated heterocycles. The number of alkyl halides is 8. The highest BCUT2D eigenvalue weighted by Crippen LogP contribution is 2.36. The fraction of sp³-hybridized carbons (Fsp3) is 0.357. The molecule has 0 radical (unpaired) electrons. The number of imidazole rings is 1. The average molecular weight is 452 g/mol. The van der Waals surface area contributed by atoms with Gasteiger partial charge in [0.2, 0.25) is 5.78 Å². The number of halogens is 9. The molecule has 2 aromatic heterocycles. The molecule has 6 nitrogen and oxygen atoms in total. The van der Waals surface area contributed by atoms with Gasteiger partial charge >= 0.3 is 18.3 Å². The lowest BCUT2D eigenvalue weighted by atomic mass is 10.1. The van der Waals surface area contributed by atoms with Crippen LogP contribution in [0.5, 0.6) is 0 Å². The van der Waals surface area contributed by atoms with Crippen LogP contribution in [-0.4, -0.2) is 38.8 Å². The molecule has 2 heterocycles. The second-order valence-electron chi connectivity index (χ2n) is 5.61. The summed E-state index contributed by atoms with van der Waals surface area (Å²) in [6.07, 6.45) is -9.56. The zero-order chi connectivity index (χ0) is 22.4. The van der Waals surface area contributed by atoms with E-state index in [1.807, 2.05) is 0 Å². The van der Waals surface area contributed by atoms with E-state index in [0.717, 1.165) is 10.8 Å². The highest BCUT2D eigenvalue weighted by Gasteiger charge is 2.57. The summed E-state index contributed by atoms with van der Waals surface area (Å²) in [6.45, 7) is -2.12. The summed E-state index contributed by atoms with van der Waals surface area (Å²) in [4.78, 5) is 18.7. The molecular formula is C14H10ClF8N5O. The molecule has 29 heavy (non-hydrogen) atoms. The van der Waals surface area contributed by atoms with Crippen molar-refractivity contribution in [2.75, 3.05) is 6.54 Å². The van der Waals surface area contributed by atoms with Crippen LogP contribution in [0.2, 0.25) is 5.15 Å². The first-order chi connectivity index (χ1) is 13.1. The maximum Gasteiger partial charge on any atom is 0.455 e. The maximum atomic E-state index is 13.4. The lowest BCUT2D eigenvalue weighted by Crippen LogP contribution is -2.39. The molecule has 0 spiro atoms. The normalized spacial score (nSPS) is 14.3. The zero-order valence-corrected chi connectivity index (χ0v) is 14.9. The number of nitrogens with zero attached hydrogens (tertiary/aromatic N) is 4. The lowest BCUT2D eigenvalue weighted by Gasteiger charge is -2.17. The van der Waals surface area contributed by atoms with Crippen LogP contribution in [0.4, 0.5) is 35.1 Å². The minimum atomic E-state index is -5.92. The predicted octanol–water partition coefficient (Wildman–Crippen LogP) is 3.27. The summed E-state index contributed by atoms with van der Waals surface area (Å²) < 4.78 is 104. The summed E-state index contributed by atoms with van der Waals surface area (Å²) in [6, 6.07) is 0. The van der Waals surface area contributed by atoms with E-state index in [1.165, 1.54) is 7.05 Å². The summed E-state index contributed by atoms with van der Waals surface area (Å²) in [5, 5.41) is -0.156. The van der Waals surface area contributed by atoms with Crippen molar-refractivity contribution in [2.45, 2.75) is 18.3 Å². The third-order valence-electron chi connectivity index (χ3n) is 3.62. The molecule has 0 amide bonds. The SMILES string of the molecule is Cn1c(Cl)cn2c(=O)c(C(C=NCC(F)(F)C(F)(F)F)=CN)c(C(F)(F)F)nc12. The van der Waals surface area contributed by atoms with Crippen LogP contribution in [0, 0.1) is 0 Å². The Morgan fingerprint density at radius 1 is 1.24 bits per heavy atom. The van der Waals surface area contributed by atoms with Gasteiger partial charge in [-0.1, -0.05) is 11.6 Å². The molecule has 2 N–H and O–H groups in total. The molecule has 15 heteroatoms. The quantitative estimate of drug-likeness (QED) is 0.572. The van der Waals surface area contributed by atoms with Crippen LogP contribution in [0.1, 0.15) is 11.3 Å². The monoisotopic (exact) mass is 451 g/mol. The number of aromatic nitrogens is 3. The Morgan fingerprint density at radius 3 is 2.31 bits per heavy atom. The fourth-order valence-electron chi connectivity index (χ4n) is 2.17. The van der Waals surface area contributed by atoms with E-state index in [-0.39, 0.29) is 11.4 Å². The van der Waals surface area contributed by atoms with Gasteiger partial charge in [0.25, 0.3) is 5.56 Å². The van der Waals surface area contributed by atoms with Gasteiger partial charge in [0.05, 0.1) is 11.8 Å². The van der Waals surface area contributed by atoms with Crippen molar-refractivity contribution in [3.05, 3.63) is 39.2 Å². The molecule has 0 bridgehead atoms. The highest BCUT2D eigenvalue weighted by molar-refractivity contribution is 6.29. The number of aliphatic imine (C=N–C) groups is 1. The predicted molar refractivity (Wildman–Crippen MR) is 87.0 cm³/mol. The Labute approximate surface area is 160 Å². The summed E-state index contributed by atoms with van der Waals surface area (Å²) >= 11 is 5.76. The number of rotatable bonds is 4. The number of hydrogen-bond donors (Lipinski definition) is 1. The molecule has 0 aromatic carbocycles. The van der Waals surface area contributed by atoms with Crippen molar-refractivity contribution >= 4 is 29.2 Å². The van der Waals surface area contributed by atoms with Crippen LogP contribution in [-0.2, 0) is 13.2 Å². The van der Waals surface area contributed by atoms with Gasteiger partial charge in [-0.2, -0.15) is 35.1 Å². The number of hydrogen-bond acceptors (Lipinski definition) is 4. The molecule has 2 rings (SSSR count). The Hall–Kier alpha value is -2.64. The molecule has 2 aromatic rings. The molecule has 0 aliphatic rings. The van der Waals surface area contributed by atoms with Crippen LogP contribution < -0.4 is 11.3 Å². The molecule has 0 aliphatic carbocycles. The number of aryl methyl sites for hydroxylation is 1. The zero-order valence-electron chi connectivity index (χ0n) is 14.1. The van der Waals surface area contributed by atoms with Crippen molar-refractivity contribution in [1.29, 1.82) is 0 Å². The molecule has 0 unspecified atom stereocenters. The van der Waals surface area contributed by atoms with E-state index >= 15 is 0 Å². The average Bonchev–Trinajstić information content (AvgIpc) is 2.86. The third kappa shape index (κ3) is 4.21. The molecule has 0 saturated carbocycles. The maximum absolute atomic E-state index is 13.4. The number of nitrogens with two attached hydrogens (primary N) is 1. The van der Waals surface area contributed by atoms with E-state index in [1.54, 1.807) is 0 Å². The van der Waals surface area contributed by atoms with E-state index < -0.39 is 53.0 Å². The molecule has 160 valence electrons. The minimum absolute atomic E-state index is 0.156. The van der Waals surface area contributed by atoms with E-state index in [2.05, 4.69) is 9.98 Å². The van der Waals surface area contributed by atoms with Gasteiger partial charge in [0.15, 0.2) is 5.69 Å². The lowest BCUT2D eigenvalue weighted by molar-refractivity contribution is -0.276. The summed E-state index contributed by atoms with van der Waals surface area (Å²) in [7, 11) is 1.23. The molecular weight excluding hydrogens is 442 g/mol. The van der Waals surface area contributed by atoms with Crippen molar-refractivity contribution in [2.24, 2.45) is 17.8 Å². The van der Waals surface area contributed by atoms with Gasteiger partial charge in [-0.3, -0.25) is 9.79 Å². The fourth-order valence-corrected chi connectivity index (χ4v) is 2.34. The third-order valence-corrected chi connectivity index (χ3v) is 3.98. The van der Waals surface area contributed by atoms with Gasteiger partial charge in [-0.05, 0) is 0 Å². The van der Waals surface area contributed by atoms with Crippen molar-refractivity contribution in [3.8, 4) is 0 Å². The van der Waals surface area contributed by atoms with Crippen molar-refractivity contribution in [1.82, 2.24) is 14.0 Å². The Balaban J connectivity index is 2.65. The summed E-state index contributed by atoms with van der Waals surface area (Å²) in [5.74, 6) is -5.73. The Morgan fingerprint density at radius 2 is 1.83 bits per heavy atom. The molecule has 0 aliphatic heterocycles. The van der Waals surface area contributed by atoms with E-state index in [0.29, 0.717) is 10.6 Å². The highest BCUT2D eigenvalue weighted by atomic mass is 35.5. The second-order valence-corrected chi connectivity index (χ2v) is 6.00. The largest absolute Gasteiger partial charge is 0.455 e. The van der Waals surface area contributed by atoms with Gasteiger partial charge in [-0.15, -0.1) is 0 Å². The number of fused-ring (bicyclic) bond motifs is 1. The topological polar surface area (TPSA) is 77.7 Å². The van der Waals surface area contributed by atoms with Crippen LogP contribution >= 0.6 is 11.6 Å². The Bertz CT molecular complexity index is 1050. The first kappa shape index (κ1) is 22.6. The van der Waals surface area contributed by atoms with Crippen molar-refractivity contribution < 1.29 is 35.1 Å². The first-order valence-corrected chi connectivity index (χ1v) is 7.71. The van der Waals surface area contributed by atoms with Gasteiger partial charge < -0.3 is 10.3 Å². The summed E-state index contributed by atoms with van der Waals surface area (Å²) in [5.41, 5.74) is 0.0267. The van der Waals surface area contributed by atoms with Crippen LogP contribution in [0.15, 0.2) is 22.2 Å². The van der Waals surface area contributed by atoms with Gasteiger partial charge in [0.1, 0.15) is 11.7 Å². The molecule has 0 fully saturated rings. The number of allylic oxidation sites excluding steroid dienone is 1. The second kappa shape index (κ2) is 7.31. The van der Waals surface area contributed by atoms with Crippen LogP contribution in [0.3, 0.4) is 0 Å².